The number of hydrogen-bond donors (Lipinski definition) is 2. The van der Waals surface area contributed by atoms with E-state index in [1.165, 1.54) is 0 Å². The fourth-order valence-electron chi connectivity index (χ4n) is 2.64. The zero-order valence-corrected chi connectivity index (χ0v) is 14.8. The van der Waals surface area contributed by atoms with Gasteiger partial charge in [0.1, 0.15) is 0 Å². The Morgan fingerprint density at radius 2 is 2.00 bits per heavy atom. The molecule has 126 valence electrons. The lowest BCUT2D eigenvalue weighted by molar-refractivity contribution is -0.117. The molecule has 0 aromatic carbocycles. The van der Waals surface area contributed by atoms with Crippen molar-refractivity contribution in [2.45, 2.75) is 52.1 Å². The molecule has 2 rings (SSSR count). The van der Waals surface area contributed by atoms with E-state index >= 15 is 0 Å². The molecule has 2 N–H and O–H groups in total. The van der Waals surface area contributed by atoms with Crippen molar-refractivity contribution >= 4 is 24.2 Å². The molecule has 22 heavy (non-hydrogen) atoms. The maximum absolute atomic E-state index is 12.1. The summed E-state index contributed by atoms with van der Waals surface area (Å²) in [6, 6.07) is 2.60. The highest BCUT2D eigenvalue weighted by atomic mass is 35.5. The van der Waals surface area contributed by atoms with E-state index in [4.69, 9.17) is 4.52 Å². The maximum atomic E-state index is 12.1. The molecule has 1 aromatic heterocycles. The molecular formula is C15H27ClN4O2. The van der Waals surface area contributed by atoms with E-state index in [9.17, 15) is 4.79 Å². The van der Waals surface area contributed by atoms with E-state index < -0.39 is 0 Å². The van der Waals surface area contributed by atoms with E-state index in [1.807, 2.05) is 0 Å². The second-order valence-corrected chi connectivity index (χ2v) is 7.04. The molecule has 0 saturated carbocycles. The third-order valence-electron chi connectivity index (χ3n) is 3.54. The lowest BCUT2D eigenvalue weighted by Crippen LogP contribution is -2.55. The molecule has 2 unspecified atom stereocenters. The van der Waals surface area contributed by atoms with E-state index in [0.29, 0.717) is 24.5 Å². The second kappa shape index (κ2) is 7.44. The van der Waals surface area contributed by atoms with Crippen molar-refractivity contribution in [3.63, 3.8) is 0 Å². The number of amides is 1. The van der Waals surface area contributed by atoms with Crippen LogP contribution in [-0.2, 0) is 10.2 Å². The molecular weight excluding hydrogens is 304 g/mol. The van der Waals surface area contributed by atoms with Crippen LogP contribution in [0, 0.1) is 0 Å². The average Bonchev–Trinajstić information content (AvgIpc) is 2.75. The molecule has 1 fully saturated rings. The monoisotopic (exact) mass is 330 g/mol. The van der Waals surface area contributed by atoms with Crippen molar-refractivity contribution in [1.29, 1.82) is 0 Å². The van der Waals surface area contributed by atoms with E-state index in [2.05, 4.69) is 55.3 Å². The molecule has 0 radical (unpaired) electrons. The maximum Gasteiger partial charge on any atom is 0.240 e. The Bertz CT molecular complexity index is 488. The van der Waals surface area contributed by atoms with Crippen LogP contribution in [0.3, 0.4) is 0 Å². The van der Waals surface area contributed by atoms with Crippen LogP contribution in [0.1, 0.15) is 40.3 Å². The van der Waals surface area contributed by atoms with E-state index in [-0.39, 0.29) is 23.7 Å². The molecule has 6 nitrogen and oxygen atoms in total. The first-order valence-electron chi connectivity index (χ1n) is 7.49. The molecule has 7 heteroatoms. The Morgan fingerprint density at radius 1 is 1.41 bits per heavy atom. The van der Waals surface area contributed by atoms with E-state index in [1.54, 1.807) is 6.07 Å². The van der Waals surface area contributed by atoms with Crippen molar-refractivity contribution in [2.75, 3.05) is 25.0 Å². The molecule has 1 aliphatic rings. The number of carbonyl (C=O) groups excluding carboxylic acids is 1. The lowest BCUT2D eigenvalue weighted by atomic mass is 9.92. The molecule has 0 bridgehead atoms. The Kier molecular flexibility index (Phi) is 6.40. The van der Waals surface area contributed by atoms with Gasteiger partial charge in [0.25, 0.3) is 0 Å². The van der Waals surface area contributed by atoms with Gasteiger partial charge in [0.05, 0.1) is 12.2 Å². The van der Waals surface area contributed by atoms with Gasteiger partial charge in [0.15, 0.2) is 0 Å². The molecule has 1 aromatic rings. The number of nitrogens with one attached hydrogen (secondary N) is 2. The van der Waals surface area contributed by atoms with Crippen LogP contribution in [0.25, 0.3) is 0 Å². The highest BCUT2D eigenvalue weighted by molar-refractivity contribution is 5.91. The summed E-state index contributed by atoms with van der Waals surface area (Å²) in [5.41, 5.74) is 0.748. The highest BCUT2D eigenvalue weighted by Gasteiger charge is 2.23. The summed E-state index contributed by atoms with van der Waals surface area (Å²) in [4.78, 5) is 14.2. The van der Waals surface area contributed by atoms with Crippen molar-refractivity contribution in [2.24, 2.45) is 0 Å². The smallest absolute Gasteiger partial charge is 0.240 e. The summed E-state index contributed by atoms with van der Waals surface area (Å²) in [5.74, 6) is 0.356. The van der Waals surface area contributed by atoms with Crippen LogP contribution in [0.2, 0.25) is 0 Å². The minimum atomic E-state index is -0.0874. The third-order valence-corrected chi connectivity index (χ3v) is 3.54. The molecule has 0 aliphatic carbocycles. The van der Waals surface area contributed by atoms with Crippen LogP contribution in [-0.4, -0.2) is 47.7 Å². The zero-order chi connectivity index (χ0) is 15.6. The van der Waals surface area contributed by atoms with Crippen LogP contribution in [0.15, 0.2) is 10.6 Å². The summed E-state index contributed by atoms with van der Waals surface area (Å²) in [6.07, 6.45) is 0. The number of hydrogen-bond acceptors (Lipinski definition) is 5. The molecule has 1 saturated heterocycles. The van der Waals surface area contributed by atoms with Crippen LogP contribution < -0.4 is 10.6 Å². The number of piperazine rings is 1. The summed E-state index contributed by atoms with van der Waals surface area (Å²) in [7, 11) is 0. The normalized spacial score (nSPS) is 23.0. The first kappa shape index (κ1) is 18.9. The van der Waals surface area contributed by atoms with Gasteiger partial charge in [-0.2, -0.15) is 0 Å². The van der Waals surface area contributed by atoms with Crippen molar-refractivity contribution < 1.29 is 9.32 Å². The van der Waals surface area contributed by atoms with Crippen LogP contribution in [0.5, 0.6) is 0 Å². The SMILES string of the molecule is CC1CN(CC(=O)Nc2cc(C(C)(C)C)no2)CC(C)N1.Cl. The lowest BCUT2D eigenvalue weighted by Gasteiger charge is -2.35. The number of rotatable bonds is 3. The van der Waals surface area contributed by atoms with Crippen LogP contribution in [0.4, 0.5) is 5.88 Å². The number of carbonyl (C=O) groups is 1. The first-order valence-corrected chi connectivity index (χ1v) is 7.49. The number of aromatic nitrogens is 1. The Hall–Kier alpha value is -1.11. The molecule has 2 atom stereocenters. The Morgan fingerprint density at radius 3 is 2.50 bits per heavy atom. The molecule has 0 spiro atoms. The van der Waals surface area contributed by atoms with Gasteiger partial charge in [-0.05, 0) is 13.8 Å². The van der Waals surface area contributed by atoms with E-state index in [0.717, 1.165) is 18.8 Å². The number of halogens is 1. The van der Waals surface area contributed by atoms with Gasteiger partial charge in [-0.3, -0.25) is 15.0 Å². The van der Waals surface area contributed by atoms with Crippen molar-refractivity contribution in [3.05, 3.63) is 11.8 Å². The number of nitrogens with zero attached hydrogens (tertiary/aromatic N) is 2. The Labute approximate surface area is 138 Å². The predicted molar refractivity (Wildman–Crippen MR) is 89.6 cm³/mol. The summed E-state index contributed by atoms with van der Waals surface area (Å²) in [5, 5.41) is 10.2. The zero-order valence-electron chi connectivity index (χ0n) is 14.0. The van der Waals surface area contributed by atoms with Gasteiger partial charge in [-0.15, -0.1) is 12.4 Å². The predicted octanol–water partition coefficient (Wildman–Crippen LogP) is 2.01. The summed E-state index contributed by atoms with van der Waals surface area (Å²) < 4.78 is 5.18. The van der Waals surface area contributed by atoms with Gasteiger partial charge >= 0.3 is 0 Å². The molecule has 1 aliphatic heterocycles. The largest absolute Gasteiger partial charge is 0.338 e. The average molecular weight is 331 g/mol. The Balaban J connectivity index is 0.00000242. The minimum Gasteiger partial charge on any atom is -0.338 e. The quantitative estimate of drug-likeness (QED) is 0.887. The van der Waals surface area contributed by atoms with Crippen molar-refractivity contribution in [3.8, 4) is 0 Å². The van der Waals surface area contributed by atoms with Gasteiger partial charge in [0, 0.05) is 36.7 Å². The minimum absolute atomic E-state index is 0. The summed E-state index contributed by atoms with van der Waals surface area (Å²) in [6.45, 7) is 12.6. The van der Waals surface area contributed by atoms with Crippen molar-refractivity contribution in [1.82, 2.24) is 15.4 Å². The second-order valence-electron chi connectivity index (χ2n) is 7.04. The fourth-order valence-corrected chi connectivity index (χ4v) is 2.64. The van der Waals surface area contributed by atoms with Gasteiger partial charge in [0.2, 0.25) is 11.8 Å². The molecule has 1 amide bonds. The standard InChI is InChI=1S/C15H26N4O2.ClH/c1-10-7-19(8-11(2)16-10)9-13(20)17-14-6-12(18-21-14)15(3,4)5;/h6,10-11,16H,7-9H2,1-5H3,(H,17,20);1H. The van der Waals surface area contributed by atoms with Gasteiger partial charge in [-0.1, -0.05) is 25.9 Å². The fraction of sp³-hybridized carbons (Fsp3) is 0.733. The third kappa shape index (κ3) is 5.26. The van der Waals surface area contributed by atoms with Gasteiger partial charge < -0.3 is 9.84 Å². The first-order chi connectivity index (χ1) is 9.74. The summed E-state index contributed by atoms with van der Waals surface area (Å²) >= 11 is 0. The van der Waals surface area contributed by atoms with Gasteiger partial charge in [-0.25, -0.2) is 0 Å². The topological polar surface area (TPSA) is 70.4 Å². The highest BCUT2D eigenvalue weighted by Crippen LogP contribution is 2.23. The molecule has 2 heterocycles. The van der Waals surface area contributed by atoms with Crippen LogP contribution >= 0.6 is 12.4 Å². The number of anilines is 1.